The van der Waals surface area contributed by atoms with Crippen LogP contribution in [0.1, 0.15) is 0 Å². The van der Waals surface area contributed by atoms with E-state index in [0.29, 0.717) is 0 Å². The number of rotatable bonds is 0. The van der Waals surface area contributed by atoms with Gasteiger partial charge in [0.05, 0.1) is 0 Å². The van der Waals surface area contributed by atoms with E-state index in [1.807, 2.05) is 0 Å². The Hall–Kier alpha value is 2.05. The molecule has 0 radical (unpaired) electrons. The Morgan fingerprint density at radius 2 is 1.25 bits per heavy atom. The molecule has 0 amide bonds. The van der Waals surface area contributed by atoms with Gasteiger partial charge in [-0.1, -0.05) is 0 Å². The van der Waals surface area contributed by atoms with Gasteiger partial charge in [0.25, 0.3) is 0 Å². The molecule has 0 nitrogen and oxygen atoms in total. The van der Waals surface area contributed by atoms with E-state index in [4.69, 9.17) is 0 Å². The quantitative estimate of drug-likeness (QED) is 0.610. The van der Waals surface area contributed by atoms with Gasteiger partial charge in [-0.2, -0.15) is 0 Å². The molecule has 0 bridgehead atoms. The van der Waals surface area contributed by atoms with Gasteiger partial charge >= 0.3 is 60.1 Å². The zero-order chi connectivity index (χ0) is 4.00. The maximum absolute atomic E-state index is 4.25. The third kappa shape index (κ3) is 8.96. The van der Waals surface area contributed by atoms with Crippen LogP contribution in [-0.4, -0.2) is 0 Å². The van der Waals surface area contributed by atoms with Crippen molar-refractivity contribution in [3.63, 3.8) is 0 Å². The average molecular weight is 272 g/mol. The monoisotopic (exact) mass is 276 g/mol. The van der Waals surface area contributed by atoms with Crippen LogP contribution < -0.4 is 0 Å². The average Bonchev–Trinajstić information content (AvgIpc) is 1.50. The Balaban J connectivity index is 0. The second kappa shape index (κ2) is 19.7. The van der Waals surface area contributed by atoms with Crippen LogP contribution in [0.4, 0.5) is 0 Å². The van der Waals surface area contributed by atoms with E-state index in [9.17, 15) is 0 Å². The Kier molecular flexibility index (Phi) is 46.3. The summed E-state index contributed by atoms with van der Waals surface area (Å²) in [6.45, 7) is 0. The van der Waals surface area contributed by atoms with Crippen molar-refractivity contribution in [1.82, 2.24) is 0 Å². The molecule has 0 aliphatic carbocycles. The topological polar surface area (TPSA) is 0 Å². The standard InChI is InChI=1S/Cd.Mo.2S. The molecule has 0 rings (SSSR count). The maximum atomic E-state index is 4.25. The van der Waals surface area contributed by atoms with E-state index in [0.717, 1.165) is 23.7 Å². The van der Waals surface area contributed by atoms with E-state index >= 15 is 0 Å². The molecule has 4 heavy (non-hydrogen) atoms. The Labute approximate surface area is 59.2 Å². The third-order valence-corrected chi connectivity index (χ3v) is 0. The van der Waals surface area contributed by atoms with Gasteiger partial charge in [0.15, 0.2) is 0 Å². The van der Waals surface area contributed by atoms with Crippen molar-refractivity contribution in [2.45, 2.75) is 0 Å². The second-order valence-electron chi connectivity index (χ2n) is 0. The summed E-state index contributed by atoms with van der Waals surface area (Å²) in [5.74, 6) is 0. The molecule has 0 fully saturated rings. The summed E-state index contributed by atoms with van der Waals surface area (Å²) in [4.78, 5) is 0. The van der Waals surface area contributed by atoms with Gasteiger partial charge < -0.3 is 0 Å². The zero-order valence-electron chi connectivity index (χ0n) is 1.93. The van der Waals surface area contributed by atoms with Crippen LogP contribution in [0.15, 0.2) is 0 Å². The summed E-state index contributed by atoms with van der Waals surface area (Å²) in [6.07, 6.45) is 0. The van der Waals surface area contributed by atoms with Gasteiger partial charge in [-0.05, 0) is 0 Å². The molecule has 0 aromatic carbocycles. The van der Waals surface area contributed by atoms with Crippen molar-refractivity contribution in [3.8, 4) is 0 Å². The van der Waals surface area contributed by atoms with Crippen LogP contribution in [0.25, 0.3) is 0 Å². The minimum atomic E-state index is 0.733. The SMILES string of the molecule is [S]=[Cd].[S]=[Mo]. The molecule has 0 aliphatic heterocycles. The fourth-order valence-electron chi connectivity index (χ4n) is 0. The summed E-state index contributed by atoms with van der Waals surface area (Å²) in [5, 5.41) is 0. The molecule has 0 spiro atoms. The van der Waals surface area contributed by atoms with Crippen molar-refractivity contribution in [2.75, 3.05) is 0 Å². The second-order valence-corrected chi connectivity index (χ2v) is 0. The third-order valence-electron chi connectivity index (χ3n) is 0. The summed E-state index contributed by atoms with van der Waals surface area (Å²) in [7, 11) is 8.35. The van der Waals surface area contributed by atoms with Gasteiger partial charge in [0.1, 0.15) is 0 Å². The van der Waals surface area contributed by atoms with Gasteiger partial charge in [-0.15, -0.1) is 0 Å². The molecular weight excluding hydrogens is 272 g/mol. The Morgan fingerprint density at radius 1 is 1.25 bits per heavy atom. The summed E-state index contributed by atoms with van der Waals surface area (Å²) in [5.41, 5.74) is 0. The fourth-order valence-corrected chi connectivity index (χ4v) is 0. The van der Waals surface area contributed by atoms with Crippen LogP contribution in [0.2, 0.25) is 0 Å². The summed E-state index contributed by atoms with van der Waals surface area (Å²) >= 11 is 2.27. The zero-order valence-corrected chi connectivity index (χ0v) is 9.61. The molecule has 0 saturated carbocycles. The van der Waals surface area contributed by atoms with E-state index in [2.05, 4.69) is 18.5 Å². The van der Waals surface area contributed by atoms with Crippen molar-refractivity contribution in [3.05, 3.63) is 0 Å². The number of hydrogen-bond donors (Lipinski definition) is 0. The first-order valence-corrected chi connectivity index (χ1v) is 8.77. The molecule has 0 atom stereocenters. The predicted molar refractivity (Wildman–Crippen MR) is 15.2 cm³/mol. The first-order chi connectivity index (χ1) is 2.00. The fraction of sp³-hybridized carbons (Fsp3) is 0. The van der Waals surface area contributed by atoms with Crippen molar-refractivity contribution >= 4 is 18.5 Å². The van der Waals surface area contributed by atoms with Crippen molar-refractivity contribution < 1.29 is 41.7 Å². The molecule has 0 aromatic heterocycles. The molecule has 20 valence electrons. The normalized spacial score (nSPS) is 2.50. The van der Waals surface area contributed by atoms with Gasteiger partial charge in [-0.25, -0.2) is 0 Å². The molecule has 0 N–H and O–H groups in total. The van der Waals surface area contributed by atoms with E-state index in [-0.39, 0.29) is 0 Å². The molecule has 0 unspecified atom stereocenters. The van der Waals surface area contributed by atoms with Gasteiger partial charge in [0.2, 0.25) is 0 Å². The molecular formula is CdMoS2. The molecule has 4 heteroatoms. The summed E-state index contributed by atoms with van der Waals surface area (Å²) < 4.78 is 0. The molecule has 0 heterocycles. The summed E-state index contributed by atoms with van der Waals surface area (Å²) in [6, 6.07) is 0. The Bertz CT molecular complexity index is 8.00. The van der Waals surface area contributed by atoms with Crippen LogP contribution >= 0.6 is 18.5 Å². The van der Waals surface area contributed by atoms with Crippen LogP contribution in [0.5, 0.6) is 0 Å². The van der Waals surface area contributed by atoms with E-state index < -0.39 is 0 Å². The molecule has 0 saturated heterocycles. The van der Waals surface area contributed by atoms with Crippen LogP contribution in [0.3, 0.4) is 0 Å². The van der Waals surface area contributed by atoms with Crippen molar-refractivity contribution in [1.29, 1.82) is 0 Å². The van der Waals surface area contributed by atoms with Crippen LogP contribution in [-0.2, 0) is 41.7 Å². The van der Waals surface area contributed by atoms with E-state index in [1.54, 1.807) is 0 Å². The molecule has 0 aromatic rings. The molecule has 0 aliphatic rings. The van der Waals surface area contributed by atoms with E-state index in [1.165, 1.54) is 18.0 Å². The van der Waals surface area contributed by atoms with Crippen molar-refractivity contribution in [2.24, 2.45) is 0 Å². The van der Waals surface area contributed by atoms with Gasteiger partial charge in [-0.3, -0.25) is 0 Å². The van der Waals surface area contributed by atoms with Crippen LogP contribution in [0, 0.1) is 0 Å². The Morgan fingerprint density at radius 3 is 1.25 bits per heavy atom. The predicted octanol–water partition coefficient (Wildman–Crippen LogP) is 1.29. The minimum absolute atomic E-state index is 0.733. The first-order valence-electron chi connectivity index (χ1n) is 0.455. The number of hydrogen-bond acceptors (Lipinski definition) is 2. The van der Waals surface area contributed by atoms with Gasteiger partial charge in [0, 0.05) is 0 Å². The first kappa shape index (κ1) is 9.41.